The summed E-state index contributed by atoms with van der Waals surface area (Å²) in [5.41, 5.74) is 3.58. The van der Waals surface area contributed by atoms with E-state index in [1.807, 2.05) is 0 Å². The third-order valence-corrected chi connectivity index (χ3v) is 5.26. The quantitative estimate of drug-likeness (QED) is 0.673. The van der Waals surface area contributed by atoms with E-state index in [9.17, 15) is 0 Å². The molecule has 0 aliphatic carbocycles. The van der Waals surface area contributed by atoms with Gasteiger partial charge in [0.05, 0.1) is 8.07 Å². The molecule has 0 fully saturated rings. The second-order valence-electron chi connectivity index (χ2n) is 4.92. The first-order valence-electron chi connectivity index (χ1n) is 4.92. The Hall–Kier alpha value is -0.763. The molecule has 1 unspecified atom stereocenters. The minimum absolute atomic E-state index is 0.727. The molecule has 1 aliphatic rings. The Morgan fingerprint density at radius 3 is 2.54 bits per heavy atom. The van der Waals surface area contributed by atoms with Crippen LogP contribution in [0.2, 0.25) is 19.6 Å². The van der Waals surface area contributed by atoms with E-state index in [1.165, 1.54) is 17.7 Å². The van der Waals surface area contributed by atoms with Crippen LogP contribution in [-0.4, -0.2) is 13.7 Å². The van der Waals surface area contributed by atoms with Gasteiger partial charge in [0.1, 0.15) is 0 Å². The van der Waals surface area contributed by atoms with Crippen molar-refractivity contribution < 1.29 is 0 Å². The van der Waals surface area contributed by atoms with Crippen LogP contribution >= 0.6 is 0 Å². The molecule has 2 rings (SSSR count). The highest BCUT2D eigenvalue weighted by atomic mass is 28.3. The molecule has 1 aliphatic heterocycles. The molecular weight excluding hydrogens is 174 g/mol. The van der Waals surface area contributed by atoms with Crippen LogP contribution < -0.4 is 5.32 Å². The second kappa shape index (κ2) is 2.88. The summed E-state index contributed by atoms with van der Waals surface area (Å²) in [6.07, 6.45) is 1.23. The van der Waals surface area contributed by atoms with Crippen LogP contribution in [0.5, 0.6) is 0 Å². The van der Waals surface area contributed by atoms with Crippen molar-refractivity contribution in [3.8, 4) is 0 Å². The smallest absolute Gasteiger partial charge is 0.0705 e. The van der Waals surface area contributed by atoms with Gasteiger partial charge in [0, 0.05) is 11.4 Å². The first-order valence-corrected chi connectivity index (χ1v) is 8.49. The molecule has 13 heavy (non-hydrogen) atoms. The van der Waals surface area contributed by atoms with E-state index in [4.69, 9.17) is 0 Å². The van der Waals surface area contributed by atoms with E-state index >= 15 is 0 Å². The molecule has 0 saturated carbocycles. The van der Waals surface area contributed by atoms with Gasteiger partial charge in [-0.25, -0.2) is 0 Å². The Balaban J connectivity index is 2.23. The van der Waals surface area contributed by atoms with Crippen molar-refractivity contribution in [2.45, 2.75) is 31.7 Å². The number of hydrogen-bond acceptors (Lipinski definition) is 1. The van der Waals surface area contributed by atoms with Crippen LogP contribution in [-0.2, 0) is 6.42 Å². The lowest BCUT2D eigenvalue weighted by Crippen LogP contribution is -2.42. The zero-order chi connectivity index (χ0) is 9.47. The minimum Gasteiger partial charge on any atom is -0.384 e. The van der Waals surface area contributed by atoms with Gasteiger partial charge in [0.2, 0.25) is 0 Å². The fourth-order valence-electron chi connectivity index (χ4n) is 1.82. The average molecular weight is 191 g/mol. The third-order valence-electron chi connectivity index (χ3n) is 2.82. The predicted molar refractivity (Wildman–Crippen MR) is 60.9 cm³/mol. The van der Waals surface area contributed by atoms with Crippen molar-refractivity contribution in [1.82, 2.24) is 0 Å². The van der Waals surface area contributed by atoms with Crippen molar-refractivity contribution in [3.05, 3.63) is 29.8 Å². The molecule has 1 nitrogen and oxygen atoms in total. The van der Waals surface area contributed by atoms with Crippen molar-refractivity contribution in [2.75, 3.05) is 5.32 Å². The molecule has 0 saturated heterocycles. The van der Waals surface area contributed by atoms with Crippen molar-refractivity contribution in [2.24, 2.45) is 0 Å². The molecule has 0 aromatic heterocycles. The Morgan fingerprint density at radius 1 is 1.23 bits per heavy atom. The van der Waals surface area contributed by atoms with E-state index in [0.717, 1.165) is 5.67 Å². The Bertz CT molecular complexity index is 289. The largest absolute Gasteiger partial charge is 0.384 e. The number of fused-ring (bicyclic) bond motifs is 1. The minimum atomic E-state index is -1.03. The molecule has 0 amide bonds. The first-order chi connectivity index (χ1) is 6.07. The lowest BCUT2D eigenvalue weighted by atomic mass is 10.2. The van der Waals surface area contributed by atoms with Gasteiger partial charge in [0.25, 0.3) is 0 Å². The van der Waals surface area contributed by atoms with Crippen LogP contribution in [0.3, 0.4) is 0 Å². The van der Waals surface area contributed by atoms with Gasteiger partial charge in [-0.1, -0.05) is 37.8 Å². The van der Waals surface area contributed by atoms with Gasteiger partial charge in [-0.2, -0.15) is 0 Å². The standard InChI is InChI=1S/C11H17NSi/c1-13(2,3)11-8-9-6-4-5-7-10(9)12-11/h4-7,11-12H,8H2,1-3H3. The van der Waals surface area contributed by atoms with Crippen LogP contribution in [0.25, 0.3) is 0 Å². The van der Waals surface area contributed by atoms with Gasteiger partial charge in [0.15, 0.2) is 0 Å². The van der Waals surface area contributed by atoms with Crippen LogP contribution in [0.4, 0.5) is 5.69 Å². The van der Waals surface area contributed by atoms with Gasteiger partial charge in [-0.3, -0.25) is 0 Å². The van der Waals surface area contributed by atoms with Gasteiger partial charge in [-0.15, -0.1) is 0 Å². The van der Waals surface area contributed by atoms with Crippen molar-refractivity contribution in [1.29, 1.82) is 0 Å². The predicted octanol–water partition coefficient (Wildman–Crippen LogP) is 2.90. The maximum atomic E-state index is 3.64. The third kappa shape index (κ3) is 1.63. The Labute approximate surface area is 81.2 Å². The molecule has 1 aromatic rings. The second-order valence-corrected chi connectivity index (χ2v) is 10.4. The molecule has 70 valence electrons. The molecule has 2 heteroatoms. The maximum Gasteiger partial charge on any atom is 0.0705 e. The normalized spacial score (nSPS) is 21.0. The lowest BCUT2D eigenvalue weighted by molar-refractivity contribution is 0.967. The van der Waals surface area contributed by atoms with Crippen LogP contribution in [0.1, 0.15) is 5.56 Å². The van der Waals surface area contributed by atoms with Gasteiger partial charge in [-0.05, 0) is 18.1 Å². The summed E-state index contributed by atoms with van der Waals surface area (Å²) in [5, 5.41) is 3.64. The summed E-state index contributed by atoms with van der Waals surface area (Å²) < 4.78 is 0. The Kier molecular flexibility index (Phi) is 1.95. The number of para-hydroxylation sites is 1. The molecule has 1 aromatic carbocycles. The summed E-state index contributed by atoms with van der Waals surface area (Å²) in [7, 11) is -1.03. The highest BCUT2D eigenvalue weighted by molar-refractivity contribution is 6.78. The van der Waals surface area contributed by atoms with E-state index < -0.39 is 8.07 Å². The number of benzene rings is 1. The van der Waals surface area contributed by atoms with E-state index in [0.29, 0.717) is 0 Å². The van der Waals surface area contributed by atoms with Crippen molar-refractivity contribution in [3.63, 3.8) is 0 Å². The van der Waals surface area contributed by atoms with Crippen LogP contribution in [0, 0.1) is 0 Å². The van der Waals surface area contributed by atoms with Gasteiger partial charge < -0.3 is 5.32 Å². The summed E-state index contributed by atoms with van der Waals surface area (Å²) in [4.78, 5) is 0. The molecule has 1 atom stereocenters. The highest BCUT2D eigenvalue weighted by Gasteiger charge is 2.31. The number of hydrogen-bond donors (Lipinski definition) is 1. The van der Waals surface area contributed by atoms with Crippen molar-refractivity contribution >= 4 is 13.8 Å². The zero-order valence-electron chi connectivity index (χ0n) is 8.59. The molecule has 1 N–H and O–H groups in total. The van der Waals surface area contributed by atoms with Gasteiger partial charge >= 0.3 is 0 Å². The van der Waals surface area contributed by atoms with E-state index in [-0.39, 0.29) is 0 Å². The van der Waals surface area contributed by atoms with E-state index in [1.54, 1.807) is 0 Å². The Morgan fingerprint density at radius 2 is 1.92 bits per heavy atom. The molecule has 0 bridgehead atoms. The van der Waals surface area contributed by atoms with E-state index in [2.05, 4.69) is 49.2 Å². The topological polar surface area (TPSA) is 12.0 Å². The summed E-state index contributed by atoms with van der Waals surface area (Å²) >= 11 is 0. The number of nitrogens with one attached hydrogen (secondary N) is 1. The fraction of sp³-hybridized carbons (Fsp3) is 0.455. The summed E-state index contributed by atoms with van der Waals surface area (Å²) in [6.45, 7) is 7.28. The SMILES string of the molecule is C[Si](C)(C)C1Cc2ccccc2N1. The molecular formula is C11H17NSi. The number of rotatable bonds is 1. The monoisotopic (exact) mass is 191 g/mol. The average Bonchev–Trinajstić information content (AvgIpc) is 2.45. The maximum absolute atomic E-state index is 3.64. The molecule has 1 heterocycles. The first kappa shape index (κ1) is 8.82. The number of anilines is 1. The lowest BCUT2D eigenvalue weighted by Gasteiger charge is -2.25. The highest BCUT2D eigenvalue weighted by Crippen LogP contribution is 2.29. The fourth-order valence-corrected chi connectivity index (χ4v) is 3.24. The summed E-state index contributed by atoms with van der Waals surface area (Å²) in [6, 6.07) is 8.67. The molecule has 0 radical (unpaired) electrons. The summed E-state index contributed by atoms with van der Waals surface area (Å²) in [5.74, 6) is 0. The zero-order valence-corrected chi connectivity index (χ0v) is 9.59. The van der Waals surface area contributed by atoms with Crippen LogP contribution in [0.15, 0.2) is 24.3 Å². The molecule has 0 spiro atoms.